The van der Waals surface area contributed by atoms with Crippen LogP contribution < -0.4 is 11.1 Å². The van der Waals surface area contributed by atoms with Gasteiger partial charge >= 0.3 is 0 Å². The van der Waals surface area contributed by atoms with Gasteiger partial charge in [-0.3, -0.25) is 4.79 Å². The van der Waals surface area contributed by atoms with Crippen molar-refractivity contribution in [3.8, 4) is 0 Å². The Morgan fingerprint density at radius 2 is 1.95 bits per heavy atom. The van der Waals surface area contributed by atoms with E-state index in [0.717, 1.165) is 38.0 Å². The van der Waals surface area contributed by atoms with Gasteiger partial charge in [0, 0.05) is 17.8 Å². The van der Waals surface area contributed by atoms with Crippen LogP contribution in [0.15, 0.2) is 18.2 Å². The lowest BCUT2D eigenvalue weighted by Gasteiger charge is -2.17. The molecule has 0 bridgehead atoms. The van der Waals surface area contributed by atoms with E-state index in [9.17, 15) is 4.79 Å². The lowest BCUT2D eigenvalue weighted by molar-refractivity contribution is 0.0952. The highest BCUT2D eigenvalue weighted by atomic mass is 16.1. The molecule has 0 heterocycles. The van der Waals surface area contributed by atoms with Gasteiger partial charge in [-0.1, -0.05) is 19.9 Å². The summed E-state index contributed by atoms with van der Waals surface area (Å²) in [5.74, 6) is -0.0300. The van der Waals surface area contributed by atoms with Gasteiger partial charge in [0.15, 0.2) is 0 Å². The molecule has 0 aliphatic carbocycles. The van der Waals surface area contributed by atoms with E-state index in [2.05, 4.69) is 24.1 Å². The molecule has 0 radical (unpaired) electrons. The van der Waals surface area contributed by atoms with Crippen LogP contribution in [0.1, 0.15) is 42.6 Å². The van der Waals surface area contributed by atoms with Gasteiger partial charge < -0.3 is 16.0 Å². The number of rotatable bonds is 8. The zero-order valence-corrected chi connectivity index (χ0v) is 12.9. The Hall–Kier alpha value is -1.55. The first-order valence-electron chi connectivity index (χ1n) is 7.45. The Morgan fingerprint density at radius 3 is 2.60 bits per heavy atom. The van der Waals surface area contributed by atoms with E-state index in [1.807, 2.05) is 19.1 Å². The topological polar surface area (TPSA) is 58.4 Å². The summed E-state index contributed by atoms with van der Waals surface area (Å²) in [7, 11) is 0. The largest absolute Gasteiger partial charge is 0.399 e. The van der Waals surface area contributed by atoms with E-state index < -0.39 is 0 Å². The molecule has 1 aromatic rings. The lowest BCUT2D eigenvalue weighted by atomic mass is 10.1. The molecule has 112 valence electrons. The first kappa shape index (κ1) is 16.5. The molecule has 1 aromatic carbocycles. The molecule has 0 unspecified atom stereocenters. The summed E-state index contributed by atoms with van der Waals surface area (Å²) in [6.45, 7) is 10.3. The molecule has 3 N–H and O–H groups in total. The van der Waals surface area contributed by atoms with Gasteiger partial charge in [0.05, 0.1) is 0 Å². The molecule has 4 nitrogen and oxygen atoms in total. The highest BCUT2D eigenvalue weighted by Crippen LogP contribution is 2.12. The average molecular weight is 277 g/mol. The van der Waals surface area contributed by atoms with Gasteiger partial charge in [0.25, 0.3) is 5.91 Å². The van der Waals surface area contributed by atoms with E-state index in [-0.39, 0.29) is 5.91 Å². The van der Waals surface area contributed by atoms with Crippen molar-refractivity contribution >= 4 is 11.6 Å². The first-order chi connectivity index (χ1) is 9.58. The summed E-state index contributed by atoms with van der Waals surface area (Å²) < 4.78 is 0. The van der Waals surface area contributed by atoms with Gasteiger partial charge in [-0.15, -0.1) is 0 Å². The zero-order valence-electron chi connectivity index (χ0n) is 12.9. The smallest absolute Gasteiger partial charge is 0.251 e. The highest BCUT2D eigenvalue weighted by molar-refractivity contribution is 5.96. The van der Waals surface area contributed by atoms with Crippen LogP contribution in [0.3, 0.4) is 0 Å². The molecule has 4 heteroatoms. The minimum absolute atomic E-state index is 0.0300. The molecular weight excluding hydrogens is 250 g/mol. The molecule has 0 saturated heterocycles. The van der Waals surface area contributed by atoms with Crippen LogP contribution in [0.2, 0.25) is 0 Å². The molecule has 0 saturated carbocycles. The number of amides is 1. The second kappa shape index (κ2) is 8.59. The number of hydrogen-bond donors (Lipinski definition) is 2. The summed E-state index contributed by atoms with van der Waals surface area (Å²) in [4.78, 5) is 14.4. The Morgan fingerprint density at radius 1 is 1.25 bits per heavy atom. The second-order valence-electron chi connectivity index (χ2n) is 5.06. The normalized spacial score (nSPS) is 10.8. The van der Waals surface area contributed by atoms with Crippen molar-refractivity contribution < 1.29 is 4.79 Å². The van der Waals surface area contributed by atoms with Crippen molar-refractivity contribution in [3.05, 3.63) is 29.3 Å². The van der Waals surface area contributed by atoms with Crippen LogP contribution in [0, 0.1) is 6.92 Å². The van der Waals surface area contributed by atoms with Gasteiger partial charge in [0.2, 0.25) is 0 Å². The molecule has 1 amide bonds. The summed E-state index contributed by atoms with van der Waals surface area (Å²) in [5, 5.41) is 2.96. The number of carbonyl (C=O) groups excluding carboxylic acids is 1. The average Bonchev–Trinajstić information content (AvgIpc) is 2.45. The number of hydrogen-bond acceptors (Lipinski definition) is 3. The van der Waals surface area contributed by atoms with E-state index in [1.54, 1.807) is 6.07 Å². The molecule has 0 atom stereocenters. The number of nitrogens with two attached hydrogens (primary N) is 1. The predicted octanol–water partition coefficient (Wildman–Crippen LogP) is 2.43. The third kappa shape index (κ3) is 5.21. The Balaban J connectivity index is 2.31. The first-order valence-corrected chi connectivity index (χ1v) is 7.45. The lowest BCUT2D eigenvalue weighted by Crippen LogP contribution is -2.27. The molecule has 0 aromatic heterocycles. The van der Waals surface area contributed by atoms with Crippen molar-refractivity contribution in [1.29, 1.82) is 0 Å². The standard InChI is InChI=1S/C16H27N3O/c1-4-19(5-2)11-7-6-10-18-16(20)15-12-14(17)9-8-13(15)3/h8-9,12H,4-7,10-11,17H2,1-3H3,(H,18,20). The van der Waals surface area contributed by atoms with Crippen LogP contribution >= 0.6 is 0 Å². The number of carbonyl (C=O) groups is 1. The molecule has 0 aliphatic heterocycles. The maximum absolute atomic E-state index is 12.1. The van der Waals surface area contributed by atoms with Crippen molar-refractivity contribution in [2.75, 3.05) is 31.9 Å². The van der Waals surface area contributed by atoms with Crippen LogP contribution in [0.25, 0.3) is 0 Å². The SMILES string of the molecule is CCN(CC)CCCCNC(=O)c1cc(N)ccc1C. The Kier molecular flexibility index (Phi) is 7.09. The minimum atomic E-state index is -0.0300. The summed E-state index contributed by atoms with van der Waals surface area (Å²) >= 11 is 0. The monoisotopic (exact) mass is 277 g/mol. The summed E-state index contributed by atoms with van der Waals surface area (Å²) in [6.07, 6.45) is 2.11. The Bertz CT molecular complexity index is 428. The van der Waals surface area contributed by atoms with Gasteiger partial charge in [-0.25, -0.2) is 0 Å². The number of benzene rings is 1. The fourth-order valence-electron chi connectivity index (χ4n) is 2.18. The van der Waals surface area contributed by atoms with Crippen molar-refractivity contribution in [2.45, 2.75) is 33.6 Å². The fraction of sp³-hybridized carbons (Fsp3) is 0.562. The third-order valence-corrected chi connectivity index (χ3v) is 3.59. The predicted molar refractivity (Wildman–Crippen MR) is 84.9 cm³/mol. The van der Waals surface area contributed by atoms with E-state index in [0.29, 0.717) is 17.8 Å². The molecule has 1 rings (SSSR count). The van der Waals surface area contributed by atoms with Crippen LogP contribution in [-0.2, 0) is 0 Å². The summed E-state index contributed by atoms with van der Waals surface area (Å²) in [5.41, 5.74) is 7.98. The van der Waals surface area contributed by atoms with Crippen LogP contribution in [0.4, 0.5) is 5.69 Å². The van der Waals surface area contributed by atoms with E-state index in [1.165, 1.54) is 0 Å². The molecule has 0 fully saturated rings. The third-order valence-electron chi connectivity index (χ3n) is 3.59. The number of nitrogens with zero attached hydrogens (tertiary/aromatic N) is 1. The van der Waals surface area contributed by atoms with E-state index in [4.69, 9.17) is 5.73 Å². The molecule has 0 spiro atoms. The molecular formula is C16H27N3O. The van der Waals surface area contributed by atoms with Crippen molar-refractivity contribution in [3.63, 3.8) is 0 Å². The number of anilines is 1. The Labute approximate surface area is 122 Å². The quantitative estimate of drug-likeness (QED) is 0.567. The van der Waals surface area contributed by atoms with Crippen LogP contribution in [0.5, 0.6) is 0 Å². The van der Waals surface area contributed by atoms with Crippen molar-refractivity contribution in [2.24, 2.45) is 0 Å². The summed E-state index contributed by atoms with van der Waals surface area (Å²) in [6, 6.07) is 5.43. The maximum Gasteiger partial charge on any atom is 0.251 e. The minimum Gasteiger partial charge on any atom is -0.399 e. The fourth-order valence-corrected chi connectivity index (χ4v) is 2.18. The number of unbranched alkanes of at least 4 members (excludes halogenated alkanes) is 1. The van der Waals surface area contributed by atoms with Gasteiger partial charge in [-0.2, -0.15) is 0 Å². The maximum atomic E-state index is 12.1. The molecule has 20 heavy (non-hydrogen) atoms. The van der Waals surface area contributed by atoms with Crippen molar-refractivity contribution in [1.82, 2.24) is 10.2 Å². The van der Waals surface area contributed by atoms with Gasteiger partial charge in [-0.05, 0) is 57.1 Å². The van der Waals surface area contributed by atoms with Gasteiger partial charge in [0.1, 0.15) is 0 Å². The molecule has 0 aliphatic rings. The number of aryl methyl sites for hydroxylation is 1. The zero-order chi connectivity index (χ0) is 15.0. The number of nitrogen functional groups attached to an aromatic ring is 1. The number of nitrogens with one attached hydrogen (secondary N) is 1. The highest BCUT2D eigenvalue weighted by Gasteiger charge is 2.08. The second-order valence-corrected chi connectivity index (χ2v) is 5.06. The van der Waals surface area contributed by atoms with Crippen LogP contribution in [-0.4, -0.2) is 37.0 Å². The van der Waals surface area contributed by atoms with E-state index >= 15 is 0 Å².